The highest BCUT2D eigenvalue weighted by molar-refractivity contribution is 7.89. The molecule has 0 amide bonds. The van der Waals surface area contributed by atoms with Crippen LogP contribution < -0.4 is 4.90 Å². The van der Waals surface area contributed by atoms with Crippen LogP contribution in [0.4, 0.5) is 5.82 Å². The molecule has 0 saturated carbocycles. The summed E-state index contributed by atoms with van der Waals surface area (Å²) in [5.74, 6) is 0.542. The number of hydrogen-bond donors (Lipinski definition) is 0. The molecule has 0 unspecified atom stereocenters. The molecule has 12 heteroatoms. The van der Waals surface area contributed by atoms with E-state index < -0.39 is 16.0 Å². The number of imidazole rings is 1. The van der Waals surface area contributed by atoms with Crippen molar-refractivity contribution in [2.24, 2.45) is 0 Å². The minimum atomic E-state index is -3.57. The van der Waals surface area contributed by atoms with Crippen molar-refractivity contribution in [2.45, 2.75) is 25.0 Å². The van der Waals surface area contributed by atoms with Crippen molar-refractivity contribution in [1.82, 2.24) is 24.1 Å². The highest BCUT2D eigenvalue weighted by atomic mass is 35.5. The maximum absolute atomic E-state index is 12.4. The number of ether oxygens (including phenoxy) is 1. The number of sulfonamides is 1. The van der Waals surface area contributed by atoms with Crippen molar-refractivity contribution in [3.05, 3.63) is 41.3 Å². The van der Waals surface area contributed by atoms with Gasteiger partial charge in [-0.05, 0) is 37.3 Å². The first-order valence-electron chi connectivity index (χ1n) is 9.41. The van der Waals surface area contributed by atoms with Crippen LogP contribution in [0.1, 0.15) is 12.7 Å². The Morgan fingerprint density at radius 2 is 1.90 bits per heavy atom. The lowest BCUT2D eigenvalue weighted by molar-refractivity contribution is -0.143. The summed E-state index contributed by atoms with van der Waals surface area (Å²) >= 11 is 5.72. The molecule has 0 saturated heterocycles. The Morgan fingerprint density at radius 1 is 1.16 bits per heavy atom. The van der Waals surface area contributed by atoms with Gasteiger partial charge in [0.05, 0.1) is 15.9 Å². The van der Waals surface area contributed by atoms with Gasteiger partial charge in [-0.25, -0.2) is 17.7 Å². The molecule has 0 aliphatic rings. The predicted octanol–water partition coefficient (Wildman–Crippen LogP) is 1.93. The zero-order valence-corrected chi connectivity index (χ0v) is 19.2. The number of rotatable bonds is 8. The lowest BCUT2D eigenvalue weighted by Crippen LogP contribution is -2.28. The molecular weight excluding hydrogens is 444 g/mol. The van der Waals surface area contributed by atoms with Crippen LogP contribution in [0.25, 0.3) is 11.0 Å². The summed E-state index contributed by atoms with van der Waals surface area (Å²) < 4.78 is 33.2. The van der Waals surface area contributed by atoms with Crippen molar-refractivity contribution >= 4 is 44.4 Å². The fraction of sp³-hybridized carbons (Fsp3) is 0.368. The summed E-state index contributed by atoms with van der Waals surface area (Å²) in [5.41, 5.74) is 1.28. The van der Waals surface area contributed by atoms with Crippen molar-refractivity contribution in [3.8, 4) is 0 Å². The number of hydrogen-bond acceptors (Lipinski definition) is 8. The molecule has 1 aromatic carbocycles. The van der Waals surface area contributed by atoms with Crippen molar-refractivity contribution < 1.29 is 17.9 Å². The third-order valence-electron chi connectivity index (χ3n) is 4.63. The maximum atomic E-state index is 12.4. The van der Waals surface area contributed by atoms with Crippen LogP contribution in [0.15, 0.2) is 35.2 Å². The summed E-state index contributed by atoms with van der Waals surface area (Å²) in [6, 6.07) is 8.01. The minimum absolute atomic E-state index is 0.0338. The van der Waals surface area contributed by atoms with Crippen LogP contribution in [0, 0.1) is 0 Å². The number of carbonyl (C=O) groups is 1. The number of fused-ring (bicyclic) bond motifs is 1. The monoisotopic (exact) mass is 466 g/mol. The second-order valence-electron chi connectivity index (χ2n) is 6.94. The van der Waals surface area contributed by atoms with Crippen LogP contribution in [-0.4, -0.2) is 66.1 Å². The first-order valence-corrected chi connectivity index (χ1v) is 11.2. The van der Waals surface area contributed by atoms with E-state index in [0.717, 1.165) is 9.82 Å². The van der Waals surface area contributed by atoms with Gasteiger partial charge >= 0.3 is 5.97 Å². The van der Waals surface area contributed by atoms with Gasteiger partial charge in [-0.2, -0.15) is 0 Å². The Bertz CT molecular complexity index is 1190. The molecule has 3 aromatic rings. The second kappa shape index (κ2) is 9.16. The number of halogens is 1. The fourth-order valence-electron chi connectivity index (χ4n) is 2.97. The quantitative estimate of drug-likeness (QED) is 0.463. The molecule has 3 rings (SSSR count). The van der Waals surface area contributed by atoms with Gasteiger partial charge in [0, 0.05) is 27.7 Å². The zero-order chi connectivity index (χ0) is 22.8. The normalized spacial score (nSPS) is 11.8. The van der Waals surface area contributed by atoms with Gasteiger partial charge < -0.3 is 14.2 Å². The average Bonchev–Trinajstić information content (AvgIpc) is 3.09. The van der Waals surface area contributed by atoms with Gasteiger partial charge in [0.25, 0.3) is 0 Å². The van der Waals surface area contributed by atoms with E-state index in [1.807, 2.05) is 11.5 Å². The number of likely N-dealkylation sites (N-methyl/N-ethyl adjacent to an activating group) is 1. The summed E-state index contributed by atoms with van der Waals surface area (Å²) in [4.78, 5) is 18.5. The highest BCUT2D eigenvalue weighted by Crippen LogP contribution is 2.22. The Morgan fingerprint density at radius 3 is 2.52 bits per heavy atom. The minimum Gasteiger partial charge on any atom is -0.456 e. The van der Waals surface area contributed by atoms with Crippen LogP contribution in [-0.2, 0) is 32.7 Å². The third kappa shape index (κ3) is 4.94. The summed E-state index contributed by atoms with van der Waals surface area (Å²) in [7, 11) is 1.06. The van der Waals surface area contributed by atoms with E-state index in [1.54, 1.807) is 36.2 Å². The molecule has 0 aliphatic carbocycles. The highest BCUT2D eigenvalue weighted by Gasteiger charge is 2.20. The largest absolute Gasteiger partial charge is 0.456 e. The Labute approximate surface area is 185 Å². The molecule has 0 radical (unpaired) electrons. The van der Waals surface area contributed by atoms with Crippen molar-refractivity contribution in [2.75, 3.05) is 32.6 Å². The second-order valence-corrected chi connectivity index (χ2v) is 9.48. The Balaban J connectivity index is 1.74. The molecule has 0 atom stereocenters. The van der Waals surface area contributed by atoms with Gasteiger partial charge in [0.2, 0.25) is 10.0 Å². The molecule has 0 bridgehead atoms. The van der Waals surface area contributed by atoms with Crippen LogP contribution in [0.2, 0.25) is 5.15 Å². The molecule has 0 N–H and O–H groups in total. The fourth-order valence-corrected chi connectivity index (χ4v) is 3.99. The van der Waals surface area contributed by atoms with E-state index in [-0.39, 0.29) is 23.2 Å². The van der Waals surface area contributed by atoms with E-state index in [2.05, 4.69) is 15.2 Å². The van der Waals surface area contributed by atoms with Gasteiger partial charge in [-0.15, -0.1) is 10.2 Å². The van der Waals surface area contributed by atoms with E-state index >= 15 is 0 Å². The SMILES string of the molecule is CCn1c(COC(=O)CN(C)c2ccc(Cl)nn2)nc2cc(S(=O)(=O)N(C)C)ccc21. The van der Waals surface area contributed by atoms with Crippen LogP contribution >= 0.6 is 11.6 Å². The zero-order valence-electron chi connectivity index (χ0n) is 17.6. The predicted molar refractivity (Wildman–Crippen MR) is 116 cm³/mol. The number of carbonyl (C=O) groups excluding carboxylic acids is 1. The maximum Gasteiger partial charge on any atom is 0.326 e. The van der Waals surface area contributed by atoms with E-state index in [0.29, 0.717) is 23.7 Å². The van der Waals surface area contributed by atoms with Gasteiger partial charge in [-0.3, -0.25) is 4.79 Å². The smallest absolute Gasteiger partial charge is 0.326 e. The molecule has 166 valence electrons. The molecular formula is C19H23ClN6O4S. The number of esters is 1. The summed E-state index contributed by atoms with van der Waals surface area (Å²) in [6.45, 7) is 2.44. The lowest BCUT2D eigenvalue weighted by Gasteiger charge is -2.16. The number of anilines is 1. The molecule has 2 aromatic heterocycles. The average molecular weight is 467 g/mol. The third-order valence-corrected chi connectivity index (χ3v) is 6.64. The number of benzene rings is 1. The first kappa shape index (κ1) is 22.9. The van der Waals surface area contributed by atoms with Gasteiger partial charge in [-0.1, -0.05) is 11.6 Å². The van der Waals surface area contributed by atoms with Crippen LogP contribution in [0.5, 0.6) is 0 Å². The number of aromatic nitrogens is 4. The number of aryl methyl sites for hydroxylation is 1. The molecule has 0 spiro atoms. The first-order chi connectivity index (χ1) is 14.6. The van der Waals surface area contributed by atoms with Crippen molar-refractivity contribution in [3.63, 3.8) is 0 Å². The topological polar surface area (TPSA) is 111 Å². The lowest BCUT2D eigenvalue weighted by atomic mass is 10.3. The molecule has 0 aliphatic heterocycles. The van der Waals surface area contributed by atoms with Gasteiger partial charge in [0.15, 0.2) is 11.0 Å². The Hall–Kier alpha value is -2.76. The molecule has 2 heterocycles. The van der Waals surface area contributed by atoms with E-state index in [1.165, 1.54) is 20.2 Å². The van der Waals surface area contributed by atoms with E-state index in [4.69, 9.17) is 16.3 Å². The summed E-state index contributed by atoms with van der Waals surface area (Å²) in [5, 5.41) is 7.92. The summed E-state index contributed by atoms with van der Waals surface area (Å²) in [6.07, 6.45) is 0. The standard InChI is InChI=1S/C19H23ClN6O4S/c1-5-26-15-7-6-13(31(28,29)24(2)3)10-14(15)21-18(26)12-30-19(27)11-25(4)17-9-8-16(20)22-23-17/h6-10H,5,11-12H2,1-4H3. The Kier molecular flexibility index (Phi) is 6.77. The molecule has 0 fully saturated rings. The molecule has 31 heavy (non-hydrogen) atoms. The van der Waals surface area contributed by atoms with Gasteiger partial charge in [0.1, 0.15) is 19.0 Å². The molecule has 10 nitrogen and oxygen atoms in total. The van der Waals surface area contributed by atoms with Crippen molar-refractivity contribution in [1.29, 1.82) is 0 Å². The number of nitrogens with zero attached hydrogens (tertiary/aromatic N) is 6. The van der Waals surface area contributed by atoms with E-state index in [9.17, 15) is 13.2 Å². The van der Waals surface area contributed by atoms with Crippen LogP contribution in [0.3, 0.4) is 0 Å².